The lowest BCUT2D eigenvalue weighted by molar-refractivity contribution is -0.144. The van der Waals surface area contributed by atoms with Crippen LogP contribution >= 0.6 is 11.3 Å². The molecular formula is C51H68N8O15S. The van der Waals surface area contributed by atoms with Crippen molar-refractivity contribution in [1.29, 1.82) is 0 Å². The van der Waals surface area contributed by atoms with Gasteiger partial charge in [-0.3, -0.25) is 48.6 Å². The molecule has 23 nitrogen and oxygen atoms in total. The van der Waals surface area contributed by atoms with Gasteiger partial charge in [-0.1, -0.05) is 51.1 Å². The lowest BCUT2D eigenvalue weighted by atomic mass is 9.85. The molecule has 0 radical (unpaired) electrons. The summed E-state index contributed by atoms with van der Waals surface area (Å²) in [5.74, 6) is -4.09. The number of β-amino-alcohol motifs (C(OH)–C–C–N with tert-alkyl or cyclic N) is 1. The summed E-state index contributed by atoms with van der Waals surface area (Å²) in [5.41, 5.74) is 4.62. The molecule has 0 aliphatic carbocycles. The van der Waals surface area contributed by atoms with Crippen LogP contribution in [0.4, 0.5) is 5.69 Å². The molecule has 0 bridgehead atoms. The lowest BCUT2D eigenvalue weighted by Gasteiger charge is -2.35. The lowest BCUT2D eigenvalue weighted by Crippen LogP contribution is -2.58. The highest BCUT2D eigenvalue weighted by atomic mass is 32.1. The van der Waals surface area contributed by atoms with Crippen molar-refractivity contribution in [1.82, 2.24) is 36.1 Å². The third-order valence-corrected chi connectivity index (χ3v) is 13.2. The number of nitrogens with one attached hydrogen (secondary N) is 5. The van der Waals surface area contributed by atoms with Gasteiger partial charge < -0.3 is 59.7 Å². The highest BCUT2D eigenvalue weighted by Gasteiger charge is 2.46. The number of aliphatic hydroxyl groups excluding tert-OH is 1. The van der Waals surface area contributed by atoms with E-state index in [1.165, 1.54) is 11.0 Å². The molecule has 1 aromatic heterocycles. The van der Waals surface area contributed by atoms with Gasteiger partial charge in [0.1, 0.15) is 31.3 Å². The third-order valence-electron chi connectivity index (χ3n) is 12.3. The molecule has 0 saturated carbocycles. The molecule has 4 heterocycles. The second-order valence-electron chi connectivity index (χ2n) is 19.0. The van der Waals surface area contributed by atoms with Crippen LogP contribution in [0.5, 0.6) is 0 Å². The van der Waals surface area contributed by atoms with E-state index in [0.717, 1.165) is 26.6 Å². The third kappa shape index (κ3) is 16.9. The quantitative estimate of drug-likeness (QED) is 0.0400. The predicted octanol–water partition coefficient (Wildman–Crippen LogP) is 0.957. The van der Waals surface area contributed by atoms with Gasteiger partial charge in [0, 0.05) is 44.7 Å². The normalized spacial score (nSPS) is 18.0. The van der Waals surface area contributed by atoms with Gasteiger partial charge in [0.2, 0.25) is 35.4 Å². The molecule has 8 amide bonds. The van der Waals surface area contributed by atoms with E-state index in [4.69, 9.17) is 28.4 Å². The first-order chi connectivity index (χ1) is 36.0. The van der Waals surface area contributed by atoms with Crippen LogP contribution in [-0.4, -0.2) is 190 Å². The highest BCUT2D eigenvalue weighted by Crippen LogP contribution is 2.33. The van der Waals surface area contributed by atoms with Crippen LogP contribution < -0.4 is 26.6 Å². The van der Waals surface area contributed by atoms with Gasteiger partial charge in [0.25, 0.3) is 11.8 Å². The average molecular weight is 1070 g/mol. The molecule has 3 aliphatic rings. The summed E-state index contributed by atoms with van der Waals surface area (Å²) in [6.45, 7) is 10.2. The van der Waals surface area contributed by atoms with Crippen molar-refractivity contribution in [3.63, 3.8) is 0 Å². The Morgan fingerprint density at radius 1 is 0.800 bits per heavy atom. The number of aromatic nitrogens is 1. The Morgan fingerprint density at radius 3 is 2.00 bits per heavy atom. The molecule has 75 heavy (non-hydrogen) atoms. The van der Waals surface area contributed by atoms with Crippen molar-refractivity contribution >= 4 is 64.3 Å². The van der Waals surface area contributed by atoms with Crippen molar-refractivity contribution in [3.8, 4) is 10.4 Å². The first-order valence-electron chi connectivity index (χ1n) is 24.9. The SMILES string of the molecule is Cc1ncsc1-c1ccc(CNC(=O)C2CC(O)CN2C(=O)C(NC(=O)COCCOCCOCCOCCOCCOCC(=O)NCCNc2cccc3c2C(=O)N(C2CCC(=O)NC2=O)C3=O)C(C)(C)C)cc1. The first-order valence-corrected chi connectivity index (χ1v) is 25.8. The van der Waals surface area contributed by atoms with Gasteiger partial charge >= 0.3 is 0 Å². The molecule has 408 valence electrons. The van der Waals surface area contributed by atoms with Crippen LogP contribution in [0.3, 0.4) is 0 Å². The van der Waals surface area contributed by atoms with Crippen molar-refractivity contribution in [2.24, 2.45) is 5.41 Å². The molecule has 2 fully saturated rings. The summed E-state index contributed by atoms with van der Waals surface area (Å²) < 4.78 is 32.9. The minimum absolute atomic E-state index is 0.0240. The number of carbonyl (C=O) groups excluding carboxylic acids is 8. The van der Waals surface area contributed by atoms with E-state index in [1.54, 1.807) is 29.0 Å². The molecule has 3 aliphatic heterocycles. The number of fused-ring (bicyclic) bond motifs is 1. The van der Waals surface area contributed by atoms with E-state index >= 15 is 0 Å². The summed E-state index contributed by atoms with van der Waals surface area (Å²) in [7, 11) is 0. The molecule has 6 rings (SSSR count). The molecule has 2 aromatic carbocycles. The van der Waals surface area contributed by atoms with E-state index in [0.29, 0.717) is 45.3 Å². The molecular weight excluding hydrogens is 997 g/mol. The fraction of sp³-hybridized carbons (Fsp3) is 0.549. The van der Waals surface area contributed by atoms with Crippen molar-refractivity contribution in [2.75, 3.05) is 104 Å². The van der Waals surface area contributed by atoms with Crippen molar-refractivity contribution in [2.45, 2.75) is 77.7 Å². The molecule has 2 saturated heterocycles. The van der Waals surface area contributed by atoms with Gasteiger partial charge in [-0.25, -0.2) is 4.98 Å². The number of nitrogens with zero attached hydrogens (tertiary/aromatic N) is 3. The average Bonchev–Trinajstić information content (AvgIpc) is 4.07. The number of hydrogen-bond acceptors (Lipinski definition) is 18. The minimum Gasteiger partial charge on any atom is -0.391 e. The second kappa shape index (κ2) is 28.6. The van der Waals surface area contributed by atoms with Crippen molar-refractivity contribution in [3.05, 3.63) is 70.4 Å². The number of rotatable bonds is 30. The fourth-order valence-electron chi connectivity index (χ4n) is 8.42. The van der Waals surface area contributed by atoms with E-state index in [9.17, 15) is 43.5 Å². The largest absolute Gasteiger partial charge is 0.391 e. The number of piperidine rings is 1. The Hall–Kier alpha value is -6.25. The Bertz CT molecular complexity index is 2470. The zero-order chi connectivity index (χ0) is 53.9. The Morgan fingerprint density at radius 2 is 1.41 bits per heavy atom. The maximum atomic E-state index is 13.9. The van der Waals surface area contributed by atoms with E-state index in [2.05, 4.69) is 31.6 Å². The van der Waals surface area contributed by atoms with E-state index in [-0.39, 0.29) is 108 Å². The predicted molar refractivity (Wildman–Crippen MR) is 271 cm³/mol. The number of imide groups is 2. The monoisotopic (exact) mass is 1060 g/mol. The second-order valence-corrected chi connectivity index (χ2v) is 19.8. The number of amides is 8. The van der Waals surface area contributed by atoms with Crippen LogP contribution in [-0.2, 0) is 63.7 Å². The number of aliphatic hydroxyl groups is 1. The number of carbonyl (C=O) groups is 8. The Labute approximate surface area is 439 Å². The summed E-state index contributed by atoms with van der Waals surface area (Å²) in [6, 6.07) is 9.60. The van der Waals surface area contributed by atoms with Crippen LogP contribution in [0.1, 0.15) is 72.0 Å². The first kappa shape index (κ1) is 58.0. The molecule has 6 N–H and O–H groups in total. The summed E-state index contributed by atoms with van der Waals surface area (Å²) in [4.78, 5) is 110. The number of benzene rings is 2. The summed E-state index contributed by atoms with van der Waals surface area (Å²) in [6.07, 6.45) is -0.728. The molecule has 24 heteroatoms. The highest BCUT2D eigenvalue weighted by molar-refractivity contribution is 7.13. The van der Waals surface area contributed by atoms with Gasteiger partial charge in [0.05, 0.1) is 99.4 Å². The van der Waals surface area contributed by atoms with Crippen LogP contribution in [0.25, 0.3) is 10.4 Å². The number of thiazole rings is 1. The molecule has 4 atom stereocenters. The van der Waals surface area contributed by atoms with Crippen molar-refractivity contribution < 1.29 is 71.9 Å². The summed E-state index contributed by atoms with van der Waals surface area (Å²) in [5, 5.41) is 24.1. The maximum absolute atomic E-state index is 13.9. The number of aryl methyl sites for hydroxylation is 1. The Kier molecular flexibility index (Phi) is 22.1. The smallest absolute Gasteiger partial charge is 0.264 e. The van der Waals surface area contributed by atoms with Crippen LogP contribution in [0, 0.1) is 12.3 Å². The standard InChI is InChI=1S/C51H68N8O15S/c1-32-44(75-31-55-32)34-10-8-33(9-11-34)27-54-46(64)39-26-35(60)28-58(39)50(68)45(51(2,3)4)56-42(63)30-74-25-23-72-21-19-70-17-16-69-18-20-71-22-24-73-29-41(62)53-15-14-52-37-7-5-6-36-43(37)49(67)59(48(36)66)38-12-13-40(61)57-47(38)65/h5-11,31,35,38-39,45,52,60H,12-30H2,1-4H3,(H,53,62)(H,54,64)(H,56,63)(H,57,61,65). The number of ether oxygens (including phenoxy) is 6. The zero-order valence-electron chi connectivity index (χ0n) is 42.8. The van der Waals surface area contributed by atoms with Gasteiger partial charge in [-0.2, -0.15) is 0 Å². The topological polar surface area (TPSA) is 292 Å². The summed E-state index contributed by atoms with van der Waals surface area (Å²) >= 11 is 1.56. The van der Waals surface area contributed by atoms with Crippen LogP contribution in [0.15, 0.2) is 48.0 Å². The number of anilines is 1. The molecule has 0 spiro atoms. The van der Waals surface area contributed by atoms with Gasteiger partial charge in [0.15, 0.2) is 0 Å². The maximum Gasteiger partial charge on any atom is 0.264 e. The fourth-order valence-corrected chi connectivity index (χ4v) is 9.23. The minimum atomic E-state index is -1.07. The number of likely N-dealkylation sites (tertiary alicyclic amines) is 1. The zero-order valence-corrected chi connectivity index (χ0v) is 43.6. The molecule has 4 unspecified atom stereocenters. The number of hydrogen-bond donors (Lipinski definition) is 6. The molecule has 3 aromatic rings. The van der Waals surface area contributed by atoms with E-state index < -0.39 is 65.1 Å². The van der Waals surface area contributed by atoms with Gasteiger partial charge in [-0.15, -0.1) is 11.3 Å². The van der Waals surface area contributed by atoms with Gasteiger partial charge in [-0.05, 0) is 42.0 Å². The van der Waals surface area contributed by atoms with E-state index in [1.807, 2.05) is 52.0 Å². The van der Waals surface area contributed by atoms with Crippen LogP contribution in [0.2, 0.25) is 0 Å². The Balaban J connectivity index is 0.731.